The number of carbonyl (C=O) groups is 2. The summed E-state index contributed by atoms with van der Waals surface area (Å²) in [7, 11) is 0. The fraction of sp³-hybridized carbons (Fsp3) is 0.385. The number of carbonyl (C=O) groups excluding carboxylic acids is 1. The van der Waals surface area contributed by atoms with Gasteiger partial charge in [-0.05, 0) is 34.5 Å². The number of ketones is 1. The molecule has 0 saturated heterocycles. The van der Waals surface area contributed by atoms with Crippen molar-refractivity contribution in [2.45, 2.75) is 32.6 Å². The number of carboxylic acids is 1. The van der Waals surface area contributed by atoms with Crippen LogP contribution in [-0.4, -0.2) is 16.9 Å². The lowest BCUT2D eigenvalue weighted by atomic mass is 10.0. The Kier molecular flexibility index (Phi) is 5.47. The summed E-state index contributed by atoms with van der Waals surface area (Å²) in [6, 6.07) is 2.12. The highest BCUT2D eigenvalue weighted by atomic mass is 79.9. The van der Waals surface area contributed by atoms with E-state index >= 15 is 0 Å². The summed E-state index contributed by atoms with van der Waals surface area (Å²) >= 11 is 3.09. The van der Waals surface area contributed by atoms with Crippen LogP contribution in [0, 0.1) is 5.82 Å². The van der Waals surface area contributed by atoms with Crippen LogP contribution in [0.5, 0.6) is 0 Å². The summed E-state index contributed by atoms with van der Waals surface area (Å²) < 4.78 is 13.6. The van der Waals surface area contributed by atoms with Crippen LogP contribution in [0.25, 0.3) is 0 Å². The lowest BCUT2D eigenvalue weighted by Gasteiger charge is -2.06. The van der Waals surface area contributed by atoms with Crippen LogP contribution in [-0.2, 0) is 0 Å². The first-order chi connectivity index (χ1) is 8.47. The molecule has 0 aliphatic carbocycles. The van der Waals surface area contributed by atoms with Crippen molar-refractivity contribution in [3.8, 4) is 0 Å². The Balaban J connectivity index is 2.97. The van der Waals surface area contributed by atoms with Crippen molar-refractivity contribution < 1.29 is 19.1 Å². The van der Waals surface area contributed by atoms with E-state index in [1.165, 1.54) is 0 Å². The average molecular weight is 317 g/mol. The van der Waals surface area contributed by atoms with Crippen molar-refractivity contribution in [1.82, 2.24) is 0 Å². The molecule has 1 N–H and O–H groups in total. The van der Waals surface area contributed by atoms with Gasteiger partial charge in [-0.15, -0.1) is 0 Å². The number of halogens is 2. The lowest BCUT2D eigenvalue weighted by Crippen LogP contribution is -2.07. The maximum atomic E-state index is 13.3. The van der Waals surface area contributed by atoms with Crippen LogP contribution in [0.15, 0.2) is 16.6 Å². The molecule has 1 aromatic rings. The number of aromatic carboxylic acids is 1. The molecule has 0 spiro atoms. The Labute approximate surface area is 113 Å². The van der Waals surface area contributed by atoms with E-state index in [2.05, 4.69) is 15.9 Å². The molecule has 0 unspecified atom stereocenters. The minimum absolute atomic E-state index is 0.169. The van der Waals surface area contributed by atoms with E-state index in [9.17, 15) is 14.0 Å². The SMILES string of the molecule is CCCCCC(=O)c1cc(C(=O)O)c(F)cc1Br. The Morgan fingerprint density at radius 3 is 2.50 bits per heavy atom. The van der Waals surface area contributed by atoms with E-state index in [1.54, 1.807) is 0 Å². The monoisotopic (exact) mass is 316 g/mol. The molecule has 0 aliphatic heterocycles. The van der Waals surface area contributed by atoms with Gasteiger partial charge >= 0.3 is 5.97 Å². The van der Waals surface area contributed by atoms with Crippen molar-refractivity contribution in [2.24, 2.45) is 0 Å². The first-order valence-corrected chi connectivity index (χ1v) is 6.52. The Morgan fingerprint density at radius 2 is 1.94 bits per heavy atom. The average Bonchev–Trinajstić information content (AvgIpc) is 2.28. The third kappa shape index (κ3) is 3.63. The molecule has 98 valence electrons. The number of Topliss-reactive ketones (excluding diaryl/α,β-unsaturated/α-hetero) is 1. The van der Waals surface area contributed by atoms with Crippen LogP contribution in [0.1, 0.15) is 53.3 Å². The molecular weight excluding hydrogens is 303 g/mol. The van der Waals surface area contributed by atoms with Crippen molar-refractivity contribution in [3.05, 3.63) is 33.5 Å². The molecule has 18 heavy (non-hydrogen) atoms. The summed E-state index contributed by atoms with van der Waals surface area (Å²) in [6.07, 6.45) is 3.03. The maximum Gasteiger partial charge on any atom is 0.338 e. The molecular formula is C13H14BrFO3. The molecule has 0 atom stereocenters. The fourth-order valence-electron chi connectivity index (χ4n) is 1.60. The maximum absolute atomic E-state index is 13.3. The van der Waals surface area contributed by atoms with Crippen LogP contribution in [0.2, 0.25) is 0 Å². The van der Waals surface area contributed by atoms with Crippen molar-refractivity contribution >= 4 is 27.7 Å². The van der Waals surface area contributed by atoms with Crippen LogP contribution < -0.4 is 0 Å². The predicted octanol–water partition coefficient (Wildman–Crippen LogP) is 4.05. The Bertz CT molecular complexity index is 472. The van der Waals surface area contributed by atoms with Crippen LogP contribution in [0.4, 0.5) is 4.39 Å². The van der Waals surface area contributed by atoms with Crippen LogP contribution in [0.3, 0.4) is 0 Å². The number of rotatable bonds is 6. The summed E-state index contributed by atoms with van der Waals surface area (Å²) in [5.41, 5.74) is -0.248. The van der Waals surface area contributed by atoms with Gasteiger partial charge in [-0.2, -0.15) is 0 Å². The van der Waals surface area contributed by atoms with Crippen molar-refractivity contribution in [2.75, 3.05) is 0 Å². The number of unbranched alkanes of at least 4 members (excludes halogenated alkanes) is 2. The summed E-state index contributed by atoms with van der Waals surface area (Å²) in [4.78, 5) is 22.7. The molecule has 0 heterocycles. The van der Waals surface area contributed by atoms with Gasteiger partial charge in [-0.25, -0.2) is 9.18 Å². The molecule has 1 rings (SSSR count). The minimum atomic E-state index is -1.37. The summed E-state index contributed by atoms with van der Waals surface area (Å²) in [5.74, 6) is -2.39. The van der Waals surface area contributed by atoms with Crippen LogP contribution >= 0.6 is 15.9 Å². The second-order valence-corrected chi connectivity index (χ2v) is 4.85. The van der Waals surface area contributed by atoms with E-state index in [0.717, 1.165) is 31.4 Å². The second kappa shape index (κ2) is 6.64. The van der Waals surface area contributed by atoms with Crippen molar-refractivity contribution in [1.29, 1.82) is 0 Å². The smallest absolute Gasteiger partial charge is 0.338 e. The number of carboxylic acid groups (broad SMARTS) is 1. The topological polar surface area (TPSA) is 54.4 Å². The van der Waals surface area contributed by atoms with E-state index in [1.807, 2.05) is 6.92 Å². The van der Waals surface area contributed by atoms with Gasteiger partial charge in [0.1, 0.15) is 5.82 Å². The first kappa shape index (κ1) is 14.8. The van der Waals surface area contributed by atoms with E-state index in [4.69, 9.17) is 5.11 Å². The van der Waals surface area contributed by atoms with Gasteiger partial charge in [-0.3, -0.25) is 4.79 Å². The number of hydrogen-bond donors (Lipinski definition) is 1. The molecule has 0 radical (unpaired) electrons. The normalized spacial score (nSPS) is 10.4. The minimum Gasteiger partial charge on any atom is -0.478 e. The summed E-state index contributed by atoms with van der Waals surface area (Å²) in [5, 5.41) is 8.81. The predicted molar refractivity (Wildman–Crippen MR) is 69.5 cm³/mol. The first-order valence-electron chi connectivity index (χ1n) is 5.73. The van der Waals surface area contributed by atoms with E-state index in [0.29, 0.717) is 10.9 Å². The molecule has 0 aromatic heterocycles. The van der Waals surface area contributed by atoms with E-state index in [-0.39, 0.29) is 11.3 Å². The zero-order chi connectivity index (χ0) is 13.7. The third-order valence-corrected chi connectivity index (χ3v) is 3.25. The van der Waals surface area contributed by atoms with Gasteiger partial charge in [-0.1, -0.05) is 19.8 Å². The van der Waals surface area contributed by atoms with Gasteiger partial charge in [0.15, 0.2) is 5.78 Å². The highest BCUT2D eigenvalue weighted by Crippen LogP contribution is 2.23. The van der Waals surface area contributed by atoms with Gasteiger partial charge in [0.25, 0.3) is 0 Å². The van der Waals surface area contributed by atoms with Gasteiger partial charge in [0.2, 0.25) is 0 Å². The summed E-state index contributed by atoms with van der Waals surface area (Å²) in [6.45, 7) is 2.03. The zero-order valence-corrected chi connectivity index (χ0v) is 11.6. The Hall–Kier alpha value is -1.23. The third-order valence-electron chi connectivity index (χ3n) is 2.59. The molecule has 0 fully saturated rings. The largest absolute Gasteiger partial charge is 0.478 e. The highest BCUT2D eigenvalue weighted by molar-refractivity contribution is 9.10. The zero-order valence-electron chi connectivity index (χ0n) is 10.0. The molecule has 3 nitrogen and oxygen atoms in total. The lowest BCUT2D eigenvalue weighted by molar-refractivity contribution is 0.0692. The molecule has 0 aliphatic rings. The Morgan fingerprint density at radius 1 is 1.28 bits per heavy atom. The van der Waals surface area contributed by atoms with E-state index < -0.39 is 17.3 Å². The van der Waals surface area contributed by atoms with Gasteiger partial charge in [0, 0.05) is 16.5 Å². The number of benzene rings is 1. The molecule has 5 heteroatoms. The molecule has 0 bridgehead atoms. The van der Waals surface area contributed by atoms with Gasteiger partial charge in [0.05, 0.1) is 5.56 Å². The standard InChI is InChI=1S/C13H14BrFO3/c1-2-3-4-5-12(16)8-6-9(13(17)18)11(15)7-10(8)14/h6-7H,2-5H2,1H3,(H,17,18). The fourth-order valence-corrected chi connectivity index (χ4v) is 2.13. The molecule has 0 saturated carbocycles. The molecule has 0 amide bonds. The quantitative estimate of drug-likeness (QED) is 0.636. The van der Waals surface area contributed by atoms with Crippen molar-refractivity contribution in [3.63, 3.8) is 0 Å². The second-order valence-electron chi connectivity index (χ2n) is 4.00. The highest BCUT2D eigenvalue weighted by Gasteiger charge is 2.17. The van der Waals surface area contributed by atoms with Gasteiger partial charge < -0.3 is 5.11 Å². The number of hydrogen-bond acceptors (Lipinski definition) is 2. The molecule has 1 aromatic carbocycles.